The molecule has 2 heteroatoms. The summed E-state index contributed by atoms with van der Waals surface area (Å²) in [4.78, 5) is 0. The molecule has 2 saturated carbocycles. The molecular weight excluding hydrogens is 186 g/mol. The number of benzene rings is 1. The molecule has 0 aromatic heterocycles. The van der Waals surface area contributed by atoms with E-state index in [1.807, 2.05) is 12.1 Å². The minimum Gasteiger partial charge on any atom is -0.497 e. The molecule has 1 aromatic carbocycles. The Morgan fingerprint density at radius 2 is 1.73 bits per heavy atom. The summed E-state index contributed by atoms with van der Waals surface area (Å²) < 4.78 is 5.15. The van der Waals surface area contributed by atoms with Crippen LogP contribution in [0.1, 0.15) is 31.2 Å². The zero-order valence-corrected chi connectivity index (χ0v) is 9.12. The van der Waals surface area contributed by atoms with Gasteiger partial charge in [-0.05, 0) is 48.8 Å². The van der Waals surface area contributed by atoms with Crippen molar-refractivity contribution in [2.45, 2.75) is 31.2 Å². The maximum Gasteiger partial charge on any atom is 0.118 e. The fourth-order valence-corrected chi connectivity index (χ4v) is 2.94. The monoisotopic (exact) mass is 203 g/mol. The Labute approximate surface area is 90.4 Å². The molecule has 1 spiro atoms. The van der Waals surface area contributed by atoms with Crippen LogP contribution in [0, 0.1) is 5.41 Å². The highest BCUT2D eigenvalue weighted by Gasteiger charge is 2.59. The van der Waals surface area contributed by atoms with E-state index in [2.05, 4.69) is 12.1 Å². The van der Waals surface area contributed by atoms with Gasteiger partial charge in [0.15, 0.2) is 0 Å². The van der Waals surface area contributed by atoms with E-state index in [1.54, 1.807) is 7.11 Å². The first kappa shape index (κ1) is 9.22. The lowest BCUT2D eigenvalue weighted by atomic mass is 9.63. The average molecular weight is 203 g/mol. The van der Waals surface area contributed by atoms with Crippen molar-refractivity contribution in [3.8, 4) is 5.75 Å². The molecule has 2 fully saturated rings. The number of nitrogens with two attached hydrogens (primary N) is 1. The highest BCUT2D eigenvalue weighted by molar-refractivity contribution is 5.35. The van der Waals surface area contributed by atoms with Gasteiger partial charge in [-0.25, -0.2) is 0 Å². The normalized spacial score (nSPS) is 24.7. The van der Waals surface area contributed by atoms with E-state index in [0.717, 1.165) is 5.75 Å². The van der Waals surface area contributed by atoms with Gasteiger partial charge in [-0.15, -0.1) is 0 Å². The van der Waals surface area contributed by atoms with Crippen molar-refractivity contribution in [3.05, 3.63) is 29.8 Å². The molecule has 0 unspecified atom stereocenters. The second-order valence-corrected chi connectivity index (χ2v) is 5.24. The molecule has 2 aliphatic carbocycles. The topological polar surface area (TPSA) is 35.2 Å². The average Bonchev–Trinajstić information content (AvgIpc) is 2.97. The predicted octanol–water partition coefficient (Wildman–Crippen LogP) is 2.42. The Morgan fingerprint density at radius 1 is 1.13 bits per heavy atom. The maximum atomic E-state index is 6.39. The van der Waals surface area contributed by atoms with Crippen LogP contribution in [-0.2, 0) is 5.54 Å². The molecule has 2 nitrogen and oxygen atoms in total. The van der Waals surface area contributed by atoms with Crippen molar-refractivity contribution in [2.75, 3.05) is 7.11 Å². The van der Waals surface area contributed by atoms with Crippen molar-refractivity contribution in [1.82, 2.24) is 0 Å². The van der Waals surface area contributed by atoms with Crippen LogP contribution < -0.4 is 10.5 Å². The number of ether oxygens (including phenoxy) is 1. The molecule has 2 N–H and O–H groups in total. The quantitative estimate of drug-likeness (QED) is 0.801. The van der Waals surface area contributed by atoms with Gasteiger partial charge < -0.3 is 10.5 Å². The molecule has 0 aliphatic heterocycles. The molecular formula is C13H17NO. The van der Waals surface area contributed by atoms with Crippen molar-refractivity contribution < 1.29 is 4.74 Å². The fourth-order valence-electron chi connectivity index (χ4n) is 2.94. The van der Waals surface area contributed by atoms with Gasteiger partial charge in [0.05, 0.1) is 7.11 Å². The highest BCUT2D eigenvalue weighted by atomic mass is 16.5. The molecule has 0 bridgehead atoms. The van der Waals surface area contributed by atoms with E-state index in [0.29, 0.717) is 5.41 Å². The smallest absolute Gasteiger partial charge is 0.118 e. The van der Waals surface area contributed by atoms with Crippen molar-refractivity contribution in [2.24, 2.45) is 11.1 Å². The van der Waals surface area contributed by atoms with Crippen LogP contribution >= 0.6 is 0 Å². The summed E-state index contributed by atoms with van der Waals surface area (Å²) in [5, 5.41) is 0. The molecule has 2 aliphatic rings. The summed E-state index contributed by atoms with van der Waals surface area (Å²) in [7, 11) is 1.69. The molecule has 1 aromatic rings. The van der Waals surface area contributed by atoms with E-state index in [9.17, 15) is 0 Å². The van der Waals surface area contributed by atoms with Crippen LogP contribution in [0.15, 0.2) is 24.3 Å². The van der Waals surface area contributed by atoms with Crippen LogP contribution in [-0.4, -0.2) is 7.11 Å². The van der Waals surface area contributed by atoms with Crippen molar-refractivity contribution >= 4 is 0 Å². The van der Waals surface area contributed by atoms with Crippen LogP contribution in [0.3, 0.4) is 0 Å². The van der Waals surface area contributed by atoms with Gasteiger partial charge in [0.2, 0.25) is 0 Å². The highest BCUT2D eigenvalue weighted by Crippen LogP contribution is 2.66. The Hall–Kier alpha value is -1.02. The van der Waals surface area contributed by atoms with Crippen molar-refractivity contribution in [1.29, 1.82) is 0 Å². The van der Waals surface area contributed by atoms with E-state index >= 15 is 0 Å². The van der Waals surface area contributed by atoms with E-state index in [1.165, 1.54) is 31.2 Å². The molecule has 0 saturated heterocycles. The van der Waals surface area contributed by atoms with Gasteiger partial charge in [-0.3, -0.25) is 0 Å². The predicted molar refractivity (Wildman–Crippen MR) is 59.8 cm³/mol. The first-order chi connectivity index (χ1) is 7.16. The summed E-state index contributed by atoms with van der Waals surface area (Å²) in [6.07, 6.45) is 5.13. The van der Waals surface area contributed by atoms with Crippen LogP contribution in [0.25, 0.3) is 0 Å². The third kappa shape index (κ3) is 1.36. The lowest BCUT2D eigenvalue weighted by Gasteiger charge is -2.46. The van der Waals surface area contributed by atoms with Crippen LogP contribution in [0.2, 0.25) is 0 Å². The second-order valence-electron chi connectivity index (χ2n) is 5.24. The largest absolute Gasteiger partial charge is 0.497 e. The zero-order valence-electron chi connectivity index (χ0n) is 9.12. The van der Waals surface area contributed by atoms with E-state index in [-0.39, 0.29) is 5.54 Å². The van der Waals surface area contributed by atoms with E-state index in [4.69, 9.17) is 10.5 Å². The summed E-state index contributed by atoms with van der Waals surface area (Å²) in [6, 6.07) is 8.21. The number of hydrogen-bond donors (Lipinski definition) is 1. The summed E-state index contributed by atoms with van der Waals surface area (Å²) in [6.45, 7) is 0. The Bertz CT molecular complexity index is 370. The van der Waals surface area contributed by atoms with Crippen molar-refractivity contribution in [3.63, 3.8) is 0 Å². The molecule has 0 heterocycles. The van der Waals surface area contributed by atoms with E-state index < -0.39 is 0 Å². The lowest BCUT2D eigenvalue weighted by Crippen LogP contribution is -2.50. The molecule has 0 atom stereocenters. The Balaban J connectivity index is 1.80. The van der Waals surface area contributed by atoms with Crippen LogP contribution in [0.5, 0.6) is 5.75 Å². The van der Waals surface area contributed by atoms with Crippen LogP contribution in [0.4, 0.5) is 0 Å². The zero-order chi connectivity index (χ0) is 10.5. The lowest BCUT2D eigenvalue weighted by molar-refractivity contribution is 0.125. The molecule has 0 radical (unpaired) electrons. The summed E-state index contributed by atoms with van der Waals surface area (Å²) in [5.74, 6) is 0.905. The van der Waals surface area contributed by atoms with Gasteiger partial charge in [0, 0.05) is 5.54 Å². The van der Waals surface area contributed by atoms with Gasteiger partial charge in [-0.2, -0.15) is 0 Å². The minimum absolute atomic E-state index is 0.0528. The Kier molecular flexibility index (Phi) is 1.70. The van der Waals surface area contributed by atoms with Gasteiger partial charge in [-0.1, -0.05) is 12.1 Å². The SMILES string of the molecule is COc1ccc(C2(N)CC3(CC3)C2)cc1. The Morgan fingerprint density at radius 3 is 2.20 bits per heavy atom. The summed E-state index contributed by atoms with van der Waals surface area (Å²) >= 11 is 0. The minimum atomic E-state index is -0.0528. The number of methoxy groups -OCH3 is 1. The third-order valence-electron chi connectivity index (χ3n) is 4.00. The number of hydrogen-bond acceptors (Lipinski definition) is 2. The first-order valence-corrected chi connectivity index (χ1v) is 5.59. The maximum absolute atomic E-state index is 6.39. The van der Waals surface area contributed by atoms with Gasteiger partial charge in [0.1, 0.15) is 5.75 Å². The third-order valence-corrected chi connectivity index (χ3v) is 4.00. The molecule has 80 valence electrons. The number of rotatable bonds is 2. The first-order valence-electron chi connectivity index (χ1n) is 5.59. The molecule has 15 heavy (non-hydrogen) atoms. The molecule has 0 amide bonds. The standard InChI is InChI=1S/C13H17NO/c1-15-11-4-2-10(3-5-11)13(14)8-12(9-13)6-7-12/h2-5H,6-9,14H2,1H3. The fraction of sp³-hybridized carbons (Fsp3) is 0.538. The van der Waals surface area contributed by atoms with Gasteiger partial charge >= 0.3 is 0 Å². The van der Waals surface area contributed by atoms with Gasteiger partial charge in [0.25, 0.3) is 0 Å². The second kappa shape index (κ2) is 2.76. The summed E-state index contributed by atoms with van der Waals surface area (Å²) in [5.41, 5.74) is 8.25. The molecule has 3 rings (SSSR count).